The Hall–Kier alpha value is -3.05. The van der Waals surface area contributed by atoms with Gasteiger partial charge in [0.25, 0.3) is 0 Å². The Morgan fingerprint density at radius 2 is 1.04 bits per heavy atom. The van der Waals surface area contributed by atoms with Gasteiger partial charge in [-0.2, -0.15) is 0 Å². The van der Waals surface area contributed by atoms with Crippen molar-refractivity contribution in [1.82, 2.24) is 0 Å². The van der Waals surface area contributed by atoms with Gasteiger partial charge in [0.2, 0.25) is 0 Å². The van der Waals surface area contributed by atoms with Gasteiger partial charge in [-0.25, -0.2) is 0 Å². The maximum Gasteiger partial charge on any atom is 0.307 e. The second kappa shape index (κ2) is 19.2. The van der Waals surface area contributed by atoms with E-state index in [9.17, 15) is 4.79 Å². The number of halogens is 4. The number of cyclic esters (lactones) is 1. The number of ether oxygens (including phenoxy) is 3. The van der Waals surface area contributed by atoms with Gasteiger partial charge in [-0.1, -0.05) is 124 Å². The lowest BCUT2D eigenvalue weighted by Crippen LogP contribution is -2.42. The van der Waals surface area contributed by atoms with Crippen molar-refractivity contribution in [2.24, 2.45) is 5.41 Å². The summed E-state index contributed by atoms with van der Waals surface area (Å²) < 4.78 is 17.1. The number of anilines is 2. The number of allylic oxidation sites excluding steroid dienone is 2. The minimum absolute atomic E-state index is 0.0175. The summed E-state index contributed by atoms with van der Waals surface area (Å²) in [5, 5.41) is 0. The lowest BCUT2D eigenvalue weighted by molar-refractivity contribution is -0.145. The molecule has 5 rings (SSSR count). The van der Waals surface area contributed by atoms with Gasteiger partial charge in [0.15, 0.2) is 0 Å². The van der Waals surface area contributed by atoms with Crippen LogP contribution in [0, 0.1) is 5.41 Å². The predicted molar refractivity (Wildman–Crippen MR) is 240 cm³/mol. The first-order chi connectivity index (χ1) is 25.8. The number of rotatable bonds is 10. The molecule has 4 aromatic rings. The van der Waals surface area contributed by atoms with E-state index in [0.717, 1.165) is 69.1 Å². The summed E-state index contributed by atoms with van der Waals surface area (Å²) in [6.07, 6.45) is 6.22. The zero-order valence-electron chi connectivity index (χ0n) is 31.6. The highest BCUT2D eigenvalue weighted by atomic mass is 79.9. The monoisotopic (exact) mass is 984 g/mol. The number of esters is 1. The molecule has 10 heteroatoms. The highest BCUT2D eigenvalue weighted by Crippen LogP contribution is 2.48. The Labute approximate surface area is 354 Å². The van der Waals surface area contributed by atoms with Crippen molar-refractivity contribution in [2.75, 3.05) is 58.8 Å². The molecule has 1 aliphatic heterocycles. The van der Waals surface area contributed by atoms with E-state index in [2.05, 4.69) is 158 Å². The van der Waals surface area contributed by atoms with E-state index in [1.807, 2.05) is 52.5 Å². The predicted octanol–water partition coefficient (Wildman–Crippen LogP) is 11.2. The van der Waals surface area contributed by atoms with Crippen molar-refractivity contribution >= 4 is 92.2 Å². The number of nitrogens with zero attached hydrogens (tertiary/aromatic N) is 2. The molecule has 1 heterocycles. The zero-order valence-corrected chi connectivity index (χ0v) is 37.9. The molecule has 0 aromatic heterocycles. The van der Waals surface area contributed by atoms with Gasteiger partial charge in [-0.3, -0.25) is 4.79 Å². The number of alkyl halides is 4. The molecule has 0 saturated carbocycles. The van der Waals surface area contributed by atoms with E-state index < -0.39 is 5.41 Å². The number of carbonyl (C=O) groups is 1. The van der Waals surface area contributed by atoms with Gasteiger partial charge in [0.05, 0.1) is 27.2 Å². The molecule has 0 amide bonds. The maximum absolute atomic E-state index is 14.2. The standard InChI is InChI=1S/C44H48Br4N2O4/c1-49(2)33-17-9-29(10-18-33)37(31-13-21-35(52-5)22-14-31)26-44(28-40(51)54-25-7-8-39(45)41(46)42(47)43(44)48)27-38(32-15-23-36(53-6)24-16-32)30-11-19-34(20-12-30)50(3)4/h9-24,26-27,39,41-43H,7-8,25,28H2,1-6H3. The quantitative estimate of drug-likeness (QED) is 0.117. The SMILES string of the molecule is COc1ccc(C(=CC2(C=C(c3ccc(OC)cc3)c3ccc(N(C)C)cc3)CC(=O)OCCCC(Br)C(Br)C(Br)C2Br)c2ccc(N(C)C)cc2)cc1. The highest BCUT2D eigenvalue weighted by Gasteiger charge is 2.44. The average Bonchev–Trinajstić information content (AvgIpc) is 3.20. The molecule has 4 aromatic carbocycles. The molecule has 4 atom stereocenters. The summed E-state index contributed by atoms with van der Waals surface area (Å²) >= 11 is 16.4. The van der Waals surface area contributed by atoms with Crippen LogP contribution >= 0.6 is 63.7 Å². The Kier molecular flexibility index (Phi) is 15.0. The fraction of sp³-hybridized carbons (Fsp3) is 0.341. The van der Waals surface area contributed by atoms with E-state index in [-0.39, 0.29) is 31.7 Å². The zero-order chi connectivity index (χ0) is 39.0. The minimum Gasteiger partial charge on any atom is -0.497 e. The second-order valence-corrected chi connectivity index (χ2v) is 18.2. The van der Waals surface area contributed by atoms with Crippen LogP contribution < -0.4 is 19.3 Å². The molecule has 0 aliphatic carbocycles. The van der Waals surface area contributed by atoms with Crippen LogP contribution in [0.15, 0.2) is 109 Å². The van der Waals surface area contributed by atoms with Crippen LogP contribution in [0.1, 0.15) is 41.5 Å². The molecular weight excluding hydrogens is 940 g/mol. The molecule has 1 fully saturated rings. The van der Waals surface area contributed by atoms with Crippen LogP contribution in [0.5, 0.6) is 11.5 Å². The van der Waals surface area contributed by atoms with Crippen molar-refractivity contribution in [3.05, 3.63) is 131 Å². The van der Waals surface area contributed by atoms with Crippen molar-refractivity contribution < 1.29 is 19.0 Å². The Balaban J connectivity index is 1.89. The molecule has 0 spiro atoms. The topological polar surface area (TPSA) is 51.2 Å². The van der Waals surface area contributed by atoms with Crippen molar-refractivity contribution in [3.8, 4) is 11.5 Å². The third-order valence-corrected chi connectivity index (χ3v) is 16.7. The van der Waals surface area contributed by atoms with Crippen LogP contribution in [-0.2, 0) is 9.53 Å². The average molecular weight is 988 g/mol. The molecule has 0 bridgehead atoms. The van der Waals surface area contributed by atoms with E-state index in [4.69, 9.17) is 14.2 Å². The van der Waals surface area contributed by atoms with Gasteiger partial charge in [0.1, 0.15) is 11.5 Å². The Bertz CT molecular complexity index is 1780. The first kappa shape index (κ1) is 42.1. The van der Waals surface area contributed by atoms with E-state index in [1.165, 1.54) is 0 Å². The molecule has 54 heavy (non-hydrogen) atoms. The van der Waals surface area contributed by atoms with E-state index in [0.29, 0.717) is 6.61 Å². The molecule has 0 N–H and O–H groups in total. The van der Waals surface area contributed by atoms with Crippen LogP contribution in [0.3, 0.4) is 0 Å². The fourth-order valence-corrected chi connectivity index (χ4v) is 10.3. The molecule has 4 unspecified atom stereocenters. The smallest absolute Gasteiger partial charge is 0.307 e. The lowest BCUT2D eigenvalue weighted by atomic mass is 9.73. The van der Waals surface area contributed by atoms with Crippen LogP contribution in [0.2, 0.25) is 0 Å². The summed E-state index contributed by atoms with van der Waals surface area (Å²) in [5.74, 6) is 1.27. The van der Waals surface area contributed by atoms with Gasteiger partial charge in [0, 0.05) is 64.3 Å². The van der Waals surface area contributed by atoms with E-state index in [1.54, 1.807) is 14.2 Å². The second-order valence-electron chi connectivity index (χ2n) is 13.9. The van der Waals surface area contributed by atoms with Gasteiger partial charge in [-0.05, 0) is 94.8 Å². The molecular formula is C44H48Br4N2O4. The number of hydrogen-bond acceptors (Lipinski definition) is 6. The number of carbonyl (C=O) groups excluding carboxylic acids is 1. The van der Waals surface area contributed by atoms with Crippen molar-refractivity contribution in [2.45, 2.75) is 38.6 Å². The van der Waals surface area contributed by atoms with Gasteiger partial charge >= 0.3 is 5.97 Å². The third kappa shape index (κ3) is 10.2. The lowest BCUT2D eigenvalue weighted by Gasteiger charge is -2.39. The number of hydrogen-bond donors (Lipinski definition) is 0. The minimum atomic E-state index is -0.945. The normalized spacial score (nSPS) is 22.8. The summed E-state index contributed by atoms with van der Waals surface area (Å²) in [4.78, 5) is 18.1. The van der Waals surface area contributed by atoms with Crippen LogP contribution in [0.4, 0.5) is 11.4 Å². The summed E-state index contributed by atoms with van der Waals surface area (Å²) in [5.41, 5.74) is 7.20. The third-order valence-electron chi connectivity index (χ3n) is 9.80. The molecule has 286 valence electrons. The molecule has 1 saturated heterocycles. The summed E-state index contributed by atoms with van der Waals surface area (Å²) in [7, 11) is 11.5. The fourth-order valence-electron chi connectivity index (χ4n) is 6.61. The first-order valence-electron chi connectivity index (χ1n) is 17.9. The molecule has 1 aliphatic rings. The van der Waals surface area contributed by atoms with Crippen molar-refractivity contribution in [1.29, 1.82) is 0 Å². The van der Waals surface area contributed by atoms with Gasteiger partial charge in [-0.15, -0.1) is 0 Å². The summed E-state index contributed by atoms with van der Waals surface area (Å²) in [6.45, 7) is 0.346. The number of benzene rings is 4. The Morgan fingerprint density at radius 3 is 1.41 bits per heavy atom. The van der Waals surface area contributed by atoms with Crippen molar-refractivity contribution in [3.63, 3.8) is 0 Å². The van der Waals surface area contributed by atoms with Gasteiger partial charge < -0.3 is 24.0 Å². The van der Waals surface area contributed by atoms with Crippen LogP contribution in [0.25, 0.3) is 11.1 Å². The number of methoxy groups -OCH3 is 2. The molecule has 6 nitrogen and oxygen atoms in total. The first-order valence-corrected chi connectivity index (χ1v) is 21.5. The maximum atomic E-state index is 14.2. The van der Waals surface area contributed by atoms with E-state index >= 15 is 0 Å². The largest absolute Gasteiger partial charge is 0.497 e. The van der Waals surface area contributed by atoms with Crippen LogP contribution in [-0.4, -0.2) is 74.3 Å². The highest BCUT2D eigenvalue weighted by molar-refractivity contribution is 9.14. The molecule has 0 radical (unpaired) electrons. The summed E-state index contributed by atoms with van der Waals surface area (Å²) in [6, 6.07) is 33.3. The Morgan fingerprint density at radius 1 is 0.648 bits per heavy atom.